The molecule has 0 bridgehead atoms. The number of piperidine rings is 2. The SMILES string of the molecule is O=C(N[C@@H]1C[C@H]1c1ccccc1)N1CCC(N2CCCC(Nc3nccc(N4CCCCCC4)n3)C2)CC1. The molecule has 1 unspecified atom stereocenters. The van der Waals surface area contributed by atoms with E-state index in [1.807, 2.05) is 17.2 Å². The van der Waals surface area contributed by atoms with Gasteiger partial charge in [0.05, 0.1) is 0 Å². The smallest absolute Gasteiger partial charge is 0.317 e. The van der Waals surface area contributed by atoms with Crippen LogP contribution in [-0.2, 0) is 0 Å². The van der Waals surface area contributed by atoms with Crippen LogP contribution in [0.2, 0.25) is 0 Å². The highest BCUT2D eigenvalue weighted by Gasteiger charge is 2.40. The van der Waals surface area contributed by atoms with Gasteiger partial charge >= 0.3 is 6.03 Å². The second kappa shape index (κ2) is 11.9. The summed E-state index contributed by atoms with van der Waals surface area (Å²) in [5.41, 5.74) is 1.34. The Balaban J connectivity index is 0.963. The van der Waals surface area contributed by atoms with Gasteiger partial charge in [0, 0.05) is 63.0 Å². The number of hydrogen-bond acceptors (Lipinski definition) is 6. The van der Waals surface area contributed by atoms with Crippen LogP contribution < -0.4 is 15.5 Å². The second-order valence-corrected chi connectivity index (χ2v) is 11.6. The molecule has 1 aromatic carbocycles. The number of urea groups is 1. The molecule has 6 rings (SSSR count). The minimum Gasteiger partial charge on any atom is -0.356 e. The minimum absolute atomic E-state index is 0.117. The Morgan fingerprint density at radius 1 is 0.868 bits per heavy atom. The van der Waals surface area contributed by atoms with Crippen LogP contribution in [0.1, 0.15) is 69.3 Å². The molecule has 2 aromatic rings. The van der Waals surface area contributed by atoms with E-state index in [1.165, 1.54) is 37.7 Å². The molecule has 8 heteroatoms. The number of nitrogens with zero attached hydrogens (tertiary/aromatic N) is 5. The molecular formula is C30H43N7O. The largest absolute Gasteiger partial charge is 0.356 e. The van der Waals surface area contributed by atoms with Gasteiger partial charge in [-0.25, -0.2) is 9.78 Å². The number of carbonyl (C=O) groups excluding carboxylic acids is 1. The van der Waals surface area contributed by atoms with E-state index in [1.54, 1.807) is 0 Å². The van der Waals surface area contributed by atoms with Crippen LogP contribution in [-0.4, -0.2) is 83.2 Å². The zero-order valence-electron chi connectivity index (χ0n) is 22.6. The first-order chi connectivity index (χ1) is 18.7. The van der Waals surface area contributed by atoms with Crippen LogP contribution >= 0.6 is 0 Å². The number of anilines is 2. The van der Waals surface area contributed by atoms with Crippen molar-refractivity contribution in [2.45, 2.75) is 81.8 Å². The fraction of sp³-hybridized carbons (Fsp3) is 0.633. The molecule has 0 radical (unpaired) electrons. The Morgan fingerprint density at radius 2 is 1.66 bits per heavy atom. The molecule has 3 atom stereocenters. The summed E-state index contributed by atoms with van der Waals surface area (Å²) in [6.07, 6.45) is 12.5. The summed E-state index contributed by atoms with van der Waals surface area (Å²) >= 11 is 0. The number of carbonyl (C=O) groups is 1. The van der Waals surface area contributed by atoms with Crippen molar-refractivity contribution in [3.8, 4) is 0 Å². The lowest BCUT2D eigenvalue weighted by Crippen LogP contribution is -2.53. The fourth-order valence-electron chi connectivity index (χ4n) is 6.64. The summed E-state index contributed by atoms with van der Waals surface area (Å²) in [7, 11) is 0. The molecule has 1 aliphatic carbocycles. The number of aromatic nitrogens is 2. The lowest BCUT2D eigenvalue weighted by molar-refractivity contribution is 0.0967. The van der Waals surface area contributed by atoms with Gasteiger partial charge in [0.2, 0.25) is 5.95 Å². The summed E-state index contributed by atoms with van der Waals surface area (Å²) in [5, 5.41) is 6.93. The average molecular weight is 518 g/mol. The average Bonchev–Trinajstić information content (AvgIpc) is 3.78. The Hall–Kier alpha value is -2.87. The molecule has 1 aromatic heterocycles. The van der Waals surface area contributed by atoms with Gasteiger partial charge in [-0.2, -0.15) is 4.98 Å². The molecule has 1 saturated carbocycles. The van der Waals surface area contributed by atoms with Crippen LogP contribution in [0.4, 0.5) is 16.6 Å². The molecule has 0 spiro atoms. The van der Waals surface area contributed by atoms with Crippen molar-refractivity contribution < 1.29 is 4.79 Å². The first-order valence-corrected chi connectivity index (χ1v) is 14.9. The molecule has 4 fully saturated rings. The van der Waals surface area contributed by atoms with Crippen LogP contribution in [0.5, 0.6) is 0 Å². The number of benzene rings is 1. The number of hydrogen-bond donors (Lipinski definition) is 2. The summed E-state index contributed by atoms with van der Waals surface area (Å²) in [6.45, 7) is 6.04. The van der Waals surface area contributed by atoms with Gasteiger partial charge in [-0.3, -0.25) is 4.90 Å². The second-order valence-electron chi connectivity index (χ2n) is 11.6. The summed E-state index contributed by atoms with van der Waals surface area (Å²) in [6, 6.07) is 13.9. The highest BCUT2D eigenvalue weighted by molar-refractivity contribution is 5.75. The van der Waals surface area contributed by atoms with Crippen molar-refractivity contribution in [1.29, 1.82) is 0 Å². The number of rotatable bonds is 6. The van der Waals surface area contributed by atoms with Crippen molar-refractivity contribution in [3.63, 3.8) is 0 Å². The van der Waals surface area contributed by atoms with Crippen molar-refractivity contribution in [3.05, 3.63) is 48.2 Å². The molecular weight excluding hydrogens is 474 g/mol. The van der Waals surface area contributed by atoms with Crippen LogP contribution in [0.25, 0.3) is 0 Å². The Morgan fingerprint density at radius 3 is 2.45 bits per heavy atom. The Labute approximate surface area is 227 Å². The molecule has 38 heavy (non-hydrogen) atoms. The van der Waals surface area contributed by atoms with Gasteiger partial charge in [0.15, 0.2) is 0 Å². The third-order valence-corrected chi connectivity index (χ3v) is 8.95. The lowest BCUT2D eigenvalue weighted by Gasteiger charge is -2.42. The van der Waals surface area contributed by atoms with E-state index in [9.17, 15) is 4.79 Å². The lowest BCUT2D eigenvalue weighted by atomic mass is 9.98. The van der Waals surface area contributed by atoms with E-state index in [0.29, 0.717) is 18.0 Å². The van der Waals surface area contributed by atoms with E-state index in [-0.39, 0.29) is 12.1 Å². The monoisotopic (exact) mass is 517 g/mol. The van der Waals surface area contributed by atoms with Crippen molar-refractivity contribution in [2.75, 3.05) is 49.5 Å². The predicted octanol–water partition coefficient (Wildman–Crippen LogP) is 4.46. The third-order valence-electron chi connectivity index (χ3n) is 8.95. The highest BCUT2D eigenvalue weighted by Crippen LogP contribution is 2.40. The summed E-state index contributed by atoms with van der Waals surface area (Å²) in [4.78, 5) is 29.4. The van der Waals surface area contributed by atoms with Crippen LogP contribution in [0.3, 0.4) is 0 Å². The molecule has 3 saturated heterocycles. The van der Waals surface area contributed by atoms with E-state index >= 15 is 0 Å². The number of nitrogens with one attached hydrogen (secondary N) is 2. The van der Waals surface area contributed by atoms with E-state index < -0.39 is 0 Å². The fourth-order valence-corrected chi connectivity index (χ4v) is 6.64. The summed E-state index contributed by atoms with van der Waals surface area (Å²) < 4.78 is 0. The van der Waals surface area contributed by atoms with Gasteiger partial charge in [-0.15, -0.1) is 0 Å². The maximum Gasteiger partial charge on any atom is 0.317 e. The number of likely N-dealkylation sites (tertiary alicyclic amines) is 2. The predicted molar refractivity (Wildman–Crippen MR) is 152 cm³/mol. The van der Waals surface area contributed by atoms with Crippen LogP contribution in [0.15, 0.2) is 42.6 Å². The van der Waals surface area contributed by atoms with Gasteiger partial charge in [0.25, 0.3) is 0 Å². The van der Waals surface area contributed by atoms with E-state index in [4.69, 9.17) is 4.98 Å². The maximum atomic E-state index is 12.9. The van der Waals surface area contributed by atoms with Crippen molar-refractivity contribution in [2.24, 2.45) is 0 Å². The molecule has 2 amide bonds. The first-order valence-electron chi connectivity index (χ1n) is 14.9. The van der Waals surface area contributed by atoms with Crippen LogP contribution in [0, 0.1) is 0 Å². The van der Waals surface area contributed by atoms with Gasteiger partial charge in [-0.05, 0) is 63.1 Å². The zero-order chi connectivity index (χ0) is 25.7. The standard InChI is InChI=1S/C30H43N7O/c38-30(33-27-21-26(27)23-9-4-3-5-10-23)36-19-13-25(14-20-36)37-18-8-11-24(22-37)32-29-31-15-12-28(34-29)35-16-6-1-2-7-17-35/h3-5,9-10,12,15,24-27H,1-2,6-8,11,13-14,16-22H2,(H,33,38)(H,31,32,34)/t24?,26-,27+/m0/s1. The van der Waals surface area contributed by atoms with E-state index in [2.05, 4.69) is 55.7 Å². The topological polar surface area (TPSA) is 76.6 Å². The molecule has 2 N–H and O–H groups in total. The molecule has 204 valence electrons. The highest BCUT2D eigenvalue weighted by atomic mass is 16.2. The minimum atomic E-state index is 0.117. The molecule has 4 aliphatic rings. The first kappa shape index (κ1) is 25.4. The molecule has 4 heterocycles. The normalized spacial score (nSPS) is 27.0. The van der Waals surface area contributed by atoms with Crippen molar-refractivity contribution in [1.82, 2.24) is 25.1 Å². The third kappa shape index (κ3) is 6.22. The van der Waals surface area contributed by atoms with Gasteiger partial charge in [0.1, 0.15) is 5.82 Å². The van der Waals surface area contributed by atoms with Gasteiger partial charge in [-0.1, -0.05) is 43.2 Å². The summed E-state index contributed by atoms with van der Waals surface area (Å²) in [5.74, 6) is 2.30. The molecule has 3 aliphatic heterocycles. The number of amides is 2. The van der Waals surface area contributed by atoms with Crippen molar-refractivity contribution >= 4 is 17.8 Å². The van der Waals surface area contributed by atoms with E-state index in [0.717, 1.165) is 76.7 Å². The Bertz CT molecular complexity index is 1050. The van der Waals surface area contributed by atoms with Gasteiger partial charge < -0.3 is 20.4 Å². The Kier molecular flexibility index (Phi) is 7.95. The quantitative estimate of drug-likeness (QED) is 0.589. The molecule has 8 nitrogen and oxygen atoms in total. The zero-order valence-corrected chi connectivity index (χ0v) is 22.6. The maximum absolute atomic E-state index is 12.9.